The van der Waals surface area contributed by atoms with Crippen molar-refractivity contribution < 1.29 is 38.4 Å². The molecule has 1 amide bonds. The van der Waals surface area contributed by atoms with Gasteiger partial charge in [0.05, 0.1) is 56.4 Å². The molecule has 0 saturated carbocycles. The van der Waals surface area contributed by atoms with Crippen LogP contribution in [-0.2, 0) is 9.59 Å². The molecule has 1 N–H and O–H groups in total. The Kier molecular flexibility index (Phi) is 8.72. The van der Waals surface area contributed by atoms with Gasteiger partial charge in [-0.25, -0.2) is 4.98 Å². The van der Waals surface area contributed by atoms with E-state index in [4.69, 9.17) is 28.7 Å². The smallest absolute Gasteiger partial charge is 0.301 e. The molecule has 4 aromatic rings. The molecule has 0 aliphatic carbocycles. The van der Waals surface area contributed by atoms with E-state index in [1.165, 1.54) is 37.6 Å². The molecular formula is C32H32N2O8S. The number of aromatic nitrogens is 1. The minimum Gasteiger partial charge on any atom is -0.507 e. The summed E-state index contributed by atoms with van der Waals surface area (Å²) in [4.78, 5) is 33.5. The van der Waals surface area contributed by atoms with Crippen LogP contribution in [0, 0.1) is 0 Å². The Balaban J connectivity index is 1.73. The Labute approximate surface area is 253 Å². The minimum atomic E-state index is -1.07. The molecule has 5 rings (SSSR count). The van der Waals surface area contributed by atoms with Gasteiger partial charge in [-0.3, -0.25) is 14.5 Å². The molecule has 11 heteroatoms. The first-order valence-electron chi connectivity index (χ1n) is 13.7. The summed E-state index contributed by atoms with van der Waals surface area (Å²) in [6, 6.07) is 14.4. The molecule has 10 nitrogen and oxygen atoms in total. The SMILES string of the molecule is CCCOc1cccc(C(O)=C2C(=O)C(=O)N(c3nc4ccc(OCC)cc4s3)C2c2cc(OC)c(OC)c(OC)c2)c1. The second-order valence-corrected chi connectivity index (χ2v) is 10.6. The van der Waals surface area contributed by atoms with Crippen LogP contribution in [0.3, 0.4) is 0 Å². The Hall–Kier alpha value is -4.77. The number of hydrogen-bond donors (Lipinski definition) is 1. The second kappa shape index (κ2) is 12.6. The number of thiazole rings is 1. The maximum Gasteiger partial charge on any atom is 0.301 e. The molecule has 0 spiro atoms. The molecule has 1 fully saturated rings. The van der Waals surface area contributed by atoms with Crippen molar-refractivity contribution in [3.8, 4) is 28.7 Å². The molecule has 1 aliphatic rings. The lowest BCUT2D eigenvalue weighted by molar-refractivity contribution is -0.132. The van der Waals surface area contributed by atoms with Crippen LogP contribution in [0.25, 0.3) is 16.0 Å². The summed E-state index contributed by atoms with van der Waals surface area (Å²) in [7, 11) is 4.43. The summed E-state index contributed by atoms with van der Waals surface area (Å²) in [6.07, 6.45) is 0.802. The number of anilines is 1. The van der Waals surface area contributed by atoms with Crippen molar-refractivity contribution in [2.75, 3.05) is 39.4 Å². The summed E-state index contributed by atoms with van der Waals surface area (Å²) in [5.41, 5.74) is 1.30. The van der Waals surface area contributed by atoms with Crippen molar-refractivity contribution >= 4 is 44.1 Å². The molecule has 2 heterocycles. The third-order valence-electron chi connectivity index (χ3n) is 6.89. The topological polar surface area (TPSA) is 117 Å². The Morgan fingerprint density at radius 3 is 2.30 bits per heavy atom. The highest BCUT2D eigenvalue weighted by molar-refractivity contribution is 7.22. The van der Waals surface area contributed by atoms with Crippen LogP contribution in [0.2, 0.25) is 0 Å². The van der Waals surface area contributed by atoms with Crippen molar-refractivity contribution in [2.24, 2.45) is 0 Å². The van der Waals surface area contributed by atoms with E-state index in [9.17, 15) is 14.7 Å². The van der Waals surface area contributed by atoms with Gasteiger partial charge in [0.25, 0.3) is 5.78 Å². The van der Waals surface area contributed by atoms with E-state index >= 15 is 0 Å². The molecule has 3 aromatic carbocycles. The number of fused-ring (bicyclic) bond motifs is 1. The normalized spacial score (nSPS) is 16.0. The van der Waals surface area contributed by atoms with Crippen molar-refractivity contribution in [3.05, 3.63) is 71.3 Å². The lowest BCUT2D eigenvalue weighted by atomic mass is 9.94. The van der Waals surface area contributed by atoms with Gasteiger partial charge >= 0.3 is 5.91 Å². The molecule has 1 aliphatic heterocycles. The number of methoxy groups -OCH3 is 3. The minimum absolute atomic E-state index is 0.110. The van der Waals surface area contributed by atoms with Gasteiger partial charge in [-0.2, -0.15) is 0 Å². The fourth-order valence-electron chi connectivity index (χ4n) is 4.97. The number of hydrogen-bond acceptors (Lipinski definition) is 10. The number of Topliss-reactive ketones (excluding diaryl/α,β-unsaturated/α-hetero) is 1. The van der Waals surface area contributed by atoms with Crippen LogP contribution in [0.5, 0.6) is 28.7 Å². The first kappa shape index (κ1) is 29.7. The van der Waals surface area contributed by atoms with Crippen molar-refractivity contribution in [2.45, 2.75) is 26.3 Å². The van der Waals surface area contributed by atoms with Crippen molar-refractivity contribution in [3.63, 3.8) is 0 Å². The Bertz CT molecular complexity index is 1690. The fourth-order valence-corrected chi connectivity index (χ4v) is 5.99. The second-order valence-electron chi connectivity index (χ2n) is 9.56. The van der Waals surface area contributed by atoms with Gasteiger partial charge < -0.3 is 28.8 Å². The third kappa shape index (κ3) is 5.55. The molecule has 224 valence electrons. The zero-order valence-electron chi connectivity index (χ0n) is 24.5. The lowest BCUT2D eigenvalue weighted by Crippen LogP contribution is -2.29. The number of benzene rings is 3. The number of amides is 1. The summed E-state index contributed by atoms with van der Waals surface area (Å²) in [5.74, 6) is 0.148. The highest BCUT2D eigenvalue weighted by atomic mass is 32.1. The fraction of sp³-hybridized carbons (Fsp3) is 0.281. The third-order valence-corrected chi connectivity index (χ3v) is 7.91. The number of rotatable bonds is 11. The summed E-state index contributed by atoms with van der Waals surface area (Å²) < 4.78 is 28.8. The Morgan fingerprint density at radius 1 is 0.930 bits per heavy atom. The van der Waals surface area contributed by atoms with Crippen molar-refractivity contribution in [1.29, 1.82) is 0 Å². The van der Waals surface area contributed by atoms with Crippen LogP contribution >= 0.6 is 11.3 Å². The van der Waals surface area contributed by atoms with Crippen molar-refractivity contribution in [1.82, 2.24) is 4.98 Å². The number of carbonyl (C=O) groups is 2. The largest absolute Gasteiger partial charge is 0.507 e. The molecule has 1 saturated heterocycles. The molecule has 0 bridgehead atoms. The van der Waals surface area contributed by atoms with Crippen LogP contribution in [0.4, 0.5) is 5.13 Å². The van der Waals surface area contributed by atoms with Gasteiger partial charge in [0.15, 0.2) is 16.6 Å². The van der Waals surface area contributed by atoms with Crippen LogP contribution in [-0.4, -0.2) is 56.3 Å². The van der Waals surface area contributed by atoms with Gasteiger partial charge in [0.2, 0.25) is 5.75 Å². The highest BCUT2D eigenvalue weighted by Crippen LogP contribution is 2.48. The molecule has 1 unspecified atom stereocenters. The molecular weight excluding hydrogens is 572 g/mol. The first-order chi connectivity index (χ1) is 20.8. The number of aliphatic hydroxyl groups excluding tert-OH is 1. The van der Waals surface area contributed by atoms with E-state index < -0.39 is 17.7 Å². The average molecular weight is 605 g/mol. The van der Waals surface area contributed by atoms with E-state index in [0.29, 0.717) is 58.6 Å². The van der Waals surface area contributed by atoms with E-state index in [2.05, 4.69) is 0 Å². The zero-order chi connectivity index (χ0) is 30.7. The van der Waals surface area contributed by atoms with E-state index in [-0.39, 0.29) is 16.5 Å². The van der Waals surface area contributed by atoms with E-state index in [1.807, 2.05) is 19.9 Å². The molecule has 43 heavy (non-hydrogen) atoms. The van der Waals surface area contributed by atoms with Crippen LogP contribution in [0.15, 0.2) is 60.2 Å². The van der Waals surface area contributed by atoms with Crippen LogP contribution < -0.4 is 28.6 Å². The van der Waals surface area contributed by atoms with E-state index in [0.717, 1.165) is 11.1 Å². The highest BCUT2D eigenvalue weighted by Gasteiger charge is 2.48. The summed E-state index contributed by atoms with van der Waals surface area (Å²) in [5, 5.41) is 11.9. The average Bonchev–Trinajstić information content (AvgIpc) is 3.56. The van der Waals surface area contributed by atoms with Gasteiger partial charge in [-0.15, -0.1) is 0 Å². The Morgan fingerprint density at radius 2 is 1.65 bits per heavy atom. The number of nitrogens with zero attached hydrogens (tertiary/aromatic N) is 2. The van der Waals surface area contributed by atoms with Crippen LogP contribution in [0.1, 0.15) is 37.4 Å². The molecule has 0 radical (unpaired) electrons. The predicted molar refractivity (Wildman–Crippen MR) is 164 cm³/mol. The number of aliphatic hydroxyl groups is 1. The van der Waals surface area contributed by atoms with Gasteiger partial charge in [0, 0.05) is 5.56 Å². The number of ketones is 1. The van der Waals surface area contributed by atoms with Gasteiger partial charge in [-0.1, -0.05) is 30.4 Å². The molecule has 1 aromatic heterocycles. The monoisotopic (exact) mass is 604 g/mol. The van der Waals surface area contributed by atoms with Gasteiger partial charge in [-0.05, 0) is 61.4 Å². The van der Waals surface area contributed by atoms with E-state index in [1.54, 1.807) is 48.5 Å². The maximum atomic E-state index is 13.8. The number of ether oxygens (including phenoxy) is 5. The number of carbonyl (C=O) groups excluding carboxylic acids is 2. The maximum absolute atomic E-state index is 13.8. The molecule has 1 atom stereocenters. The summed E-state index contributed by atoms with van der Waals surface area (Å²) in [6.45, 7) is 4.87. The lowest BCUT2D eigenvalue weighted by Gasteiger charge is -2.24. The summed E-state index contributed by atoms with van der Waals surface area (Å²) >= 11 is 1.24. The standard InChI is InChI=1S/C32H32N2O8S/c1-6-13-42-20-10-8-9-18(14-20)28(35)26-27(19-15-23(38-3)30(40-5)24(16-19)39-4)34(31(37)29(26)36)32-33-22-12-11-21(41-7-2)17-25(22)43-32/h8-12,14-17,27,35H,6-7,13H2,1-5H3. The van der Waals surface area contributed by atoms with Gasteiger partial charge in [0.1, 0.15) is 17.3 Å². The zero-order valence-corrected chi connectivity index (χ0v) is 25.3. The predicted octanol–water partition coefficient (Wildman–Crippen LogP) is 6.14. The first-order valence-corrected chi connectivity index (χ1v) is 14.5. The quantitative estimate of drug-likeness (QED) is 0.122.